The van der Waals surface area contributed by atoms with Crippen LogP contribution in [0.5, 0.6) is 0 Å². The van der Waals surface area contributed by atoms with Gasteiger partial charge < -0.3 is 0 Å². The Balaban J connectivity index is 1.25. The highest BCUT2D eigenvalue weighted by Gasteiger charge is 2.23. The van der Waals surface area contributed by atoms with Crippen molar-refractivity contribution >= 4 is 98.7 Å². The molecular formula is C51H36S3. The van der Waals surface area contributed by atoms with Gasteiger partial charge in [0.2, 0.25) is 0 Å². The lowest BCUT2D eigenvalue weighted by Crippen LogP contribution is -1.96. The van der Waals surface area contributed by atoms with E-state index in [1.165, 1.54) is 119 Å². The smallest absolute Gasteiger partial charge is 0.0434 e. The molecule has 10 aromatic rings. The van der Waals surface area contributed by atoms with E-state index in [2.05, 4.69) is 176 Å². The third-order valence-corrected chi connectivity index (χ3v) is 14.0. The Morgan fingerprint density at radius 1 is 0.481 bits per heavy atom. The van der Waals surface area contributed by atoms with Crippen LogP contribution in [0.25, 0.3) is 109 Å². The molecule has 0 aliphatic rings. The zero-order valence-electron chi connectivity index (χ0n) is 30.4. The molecular weight excluding hydrogens is 709 g/mol. The molecule has 0 saturated heterocycles. The molecule has 0 amide bonds. The van der Waals surface area contributed by atoms with Gasteiger partial charge in [-0.15, -0.1) is 11.3 Å². The average Bonchev–Trinajstić information content (AvgIpc) is 3.94. The number of aryl methyl sites for hydroxylation is 2. The zero-order chi connectivity index (χ0) is 36.5. The fourth-order valence-corrected chi connectivity index (χ4v) is 11.6. The Labute approximate surface area is 327 Å². The summed E-state index contributed by atoms with van der Waals surface area (Å²) in [4.78, 5) is 0. The van der Waals surface area contributed by atoms with E-state index in [0.717, 1.165) is 0 Å². The van der Waals surface area contributed by atoms with E-state index in [0.29, 0.717) is 0 Å². The molecule has 3 heteroatoms. The van der Waals surface area contributed by atoms with Crippen LogP contribution in [0.15, 0.2) is 143 Å². The second-order valence-electron chi connectivity index (χ2n) is 14.1. The molecule has 0 atom stereocenters. The minimum atomic E-state index is 1.18. The molecule has 3 aromatic heterocycles. The summed E-state index contributed by atoms with van der Waals surface area (Å²) < 4.78 is 2.61. The van der Waals surface area contributed by atoms with Crippen molar-refractivity contribution in [2.24, 2.45) is 0 Å². The number of hydrogen-bond acceptors (Lipinski definition) is 3. The molecule has 3 heterocycles. The van der Waals surface area contributed by atoms with Gasteiger partial charge in [-0.05, 0) is 148 Å². The molecule has 0 aliphatic carbocycles. The zero-order valence-corrected chi connectivity index (χ0v) is 32.8. The van der Waals surface area contributed by atoms with Gasteiger partial charge in [0.25, 0.3) is 0 Å². The summed E-state index contributed by atoms with van der Waals surface area (Å²) in [6.07, 6.45) is 6.52. The fraction of sp³-hybridized carbons (Fsp3) is 0.0588. The van der Waals surface area contributed by atoms with Crippen LogP contribution >= 0.6 is 34.0 Å². The van der Waals surface area contributed by atoms with Gasteiger partial charge >= 0.3 is 0 Å². The van der Waals surface area contributed by atoms with E-state index in [-0.39, 0.29) is 0 Å². The number of fused-ring (bicyclic) bond motifs is 6. The lowest BCUT2D eigenvalue weighted by molar-refractivity contribution is 1.53. The highest BCUT2D eigenvalue weighted by Crippen LogP contribution is 2.50. The first-order valence-corrected chi connectivity index (χ1v) is 21.1. The molecule has 7 aromatic carbocycles. The van der Waals surface area contributed by atoms with E-state index in [9.17, 15) is 0 Å². The number of thiophene rings is 3. The number of benzene rings is 7. The second kappa shape index (κ2) is 13.1. The minimum Gasteiger partial charge on any atom is -0.151 e. The molecule has 0 saturated carbocycles. The Morgan fingerprint density at radius 3 is 1.54 bits per heavy atom. The number of rotatable bonds is 6. The van der Waals surface area contributed by atoms with Gasteiger partial charge in [0.05, 0.1) is 0 Å². The summed E-state index contributed by atoms with van der Waals surface area (Å²) in [5, 5.41) is 19.4. The van der Waals surface area contributed by atoms with Crippen LogP contribution in [0, 0.1) is 13.8 Å². The van der Waals surface area contributed by atoms with Gasteiger partial charge in [-0.3, -0.25) is 0 Å². The maximum Gasteiger partial charge on any atom is 0.0434 e. The van der Waals surface area contributed by atoms with Gasteiger partial charge in [0.15, 0.2) is 0 Å². The molecule has 54 heavy (non-hydrogen) atoms. The van der Waals surface area contributed by atoms with Crippen molar-refractivity contribution in [2.75, 3.05) is 0 Å². The normalized spacial score (nSPS) is 12.0. The first-order valence-electron chi connectivity index (χ1n) is 18.4. The maximum absolute atomic E-state index is 4.39. The largest absolute Gasteiger partial charge is 0.151 e. The number of hydrogen-bond donors (Lipinski definition) is 0. The summed E-state index contributed by atoms with van der Waals surface area (Å²) >= 11 is 5.45. The summed E-state index contributed by atoms with van der Waals surface area (Å²) in [5.74, 6) is 0. The van der Waals surface area contributed by atoms with E-state index in [1.54, 1.807) is 22.7 Å². The molecule has 0 bridgehead atoms. The van der Waals surface area contributed by atoms with Crippen molar-refractivity contribution in [1.82, 2.24) is 0 Å². The van der Waals surface area contributed by atoms with Crippen molar-refractivity contribution in [1.29, 1.82) is 0 Å². The van der Waals surface area contributed by atoms with Crippen LogP contribution in [-0.2, 0) is 0 Å². The van der Waals surface area contributed by atoms with Crippen LogP contribution in [0.3, 0.4) is 0 Å². The lowest BCUT2D eigenvalue weighted by Gasteiger charge is -2.20. The average molecular weight is 745 g/mol. The van der Waals surface area contributed by atoms with E-state index >= 15 is 0 Å². The van der Waals surface area contributed by atoms with Gasteiger partial charge in [-0.25, -0.2) is 0 Å². The van der Waals surface area contributed by atoms with Crippen LogP contribution in [-0.4, -0.2) is 0 Å². The quantitative estimate of drug-likeness (QED) is 0.149. The first-order chi connectivity index (χ1) is 26.6. The molecule has 0 N–H and O–H groups in total. The Kier molecular flexibility index (Phi) is 7.99. The predicted octanol–water partition coefficient (Wildman–Crippen LogP) is 16.6. The summed E-state index contributed by atoms with van der Waals surface area (Å²) in [5.41, 5.74) is 15.3. The van der Waals surface area contributed by atoms with Gasteiger partial charge in [-0.2, -0.15) is 22.7 Å². The van der Waals surface area contributed by atoms with Crippen molar-refractivity contribution in [3.63, 3.8) is 0 Å². The van der Waals surface area contributed by atoms with Gasteiger partial charge in [0.1, 0.15) is 0 Å². The monoisotopic (exact) mass is 744 g/mol. The molecule has 0 fully saturated rings. The summed E-state index contributed by atoms with van der Waals surface area (Å²) in [6, 6.07) is 40.9. The second-order valence-corrected chi connectivity index (χ2v) is 16.6. The molecule has 0 nitrogen and oxygen atoms in total. The van der Waals surface area contributed by atoms with Crippen LogP contribution in [0.2, 0.25) is 0 Å². The first kappa shape index (κ1) is 33.0. The predicted molar refractivity (Wildman–Crippen MR) is 244 cm³/mol. The standard InChI is InChI=1S/C51H36S3/c1-5-14-34-33(6-2)48(44-28-52-26-30(44)3)39-19-11-12-20-40(39)49(34)42-22-13-21-41-43-25-32(23-24-46(43)54-51(41)42)47-35-15-7-9-17-37(35)50(45-29-53-27-31(45)4)38-18-10-8-16-36(38)47/h5-29H,2H2,1,3-4H3/b14-5-. The van der Waals surface area contributed by atoms with Crippen molar-refractivity contribution in [3.05, 3.63) is 166 Å². The maximum atomic E-state index is 4.39. The van der Waals surface area contributed by atoms with Crippen LogP contribution in [0.4, 0.5) is 0 Å². The van der Waals surface area contributed by atoms with E-state index in [1.807, 2.05) is 11.3 Å². The topological polar surface area (TPSA) is 0 Å². The molecule has 258 valence electrons. The third-order valence-electron chi connectivity index (χ3n) is 11.1. The van der Waals surface area contributed by atoms with Crippen LogP contribution in [0.1, 0.15) is 29.2 Å². The van der Waals surface area contributed by atoms with Crippen LogP contribution < -0.4 is 0 Å². The Morgan fingerprint density at radius 2 is 1.00 bits per heavy atom. The highest BCUT2D eigenvalue weighted by atomic mass is 32.1. The van der Waals surface area contributed by atoms with Crippen molar-refractivity contribution < 1.29 is 0 Å². The third kappa shape index (κ3) is 4.93. The lowest BCUT2D eigenvalue weighted by atomic mass is 9.83. The van der Waals surface area contributed by atoms with Gasteiger partial charge in [0, 0.05) is 25.7 Å². The number of allylic oxidation sites excluding steroid dienone is 1. The Bertz CT molecular complexity index is 3100. The van der Waals surface area contributed by atoms with Crippen molar-refractivity contribution in [2.45, 2.75) is 20.8 Å². The van der Waals surface area contributed by atoms with E-state index < -0.39 is 0 Å². The highest BCUT2D eigenvalue weighted by molar-refractivity contribution is 7.26. The minimum absolute atomic E-state index is 1.18. The fourth-order valence-electron chi connectivity index (χ4n) is 8.72. The van der Waals surface area contributed by atoms with E-state index in [4.69, 9.17) is 0 Å². The molecule has 0 spiro atoms. The Hall–Kier alpha value is -5.58. The molecule has 0 aliphatic heterocycles. The molecule has 10 rings (SSSR count). The van der Waals surface area contributed by atoms with Crippen molar-refractivity contribution in [3.8, 4) is 44.5 Å². The summed E-state index contributed by atoms with van der Waals surface area (Å²) in [7, 11) is 0. The van der Waals surface area contributed by atoms with Gasteiger partial charge in [-0.1, -0.05) is 122 Å². The SMILES string of the molecule is C=Cc1c(/C=C\C)c(-c2cccc3c2sc2ccc(-c4c5ccccc5c(-c5cscc5C)c5ccccc45)cc23)c2ccccc2c1-c1cscc1C. The molecule has 0 unspecified atom stereocenters. The molecule has 0 radical (unpaired) electrons. The summed E-state index contributed by atoms with van der Waals surface area (Å²) in [6.45, 7) is 11.0.